The molecule has 31 heavy (non-hydrogen) atoms. The zero-order chi connectivity index (χ0) is 22.1. The van der Waals surface area contributed by atoms with Crippen LogP contribution in [0.2, 0.25) is 0 Å². The lowest BCUT2D eigenvalue weighted by Gasteiger charge is -2.10. The summed E-state index contributed by atoms with van der Waals surface area (Å²) in [5.41, 5.74) is 0.149. The first kappa shape index (κ1) is 20.8. The van der Waals surface area contributed by atoms with E-state index in [1.54, 1.807) is 30.3 Å². The summed E-state index contributed by atoms with van der Waals surface area (Å²) in [6.45, 7) is 0.258. The minimum absolute atomic E-state index is 0.00833. The van der Waals surface area contributed by atoms with Crippen molar-refractivity contribution in [2.24, 2.45) is 0 Å². The van der Waals surface area contributed by atoms with E-state index in [4.69, 9.17) is 0 Å². The standard InChI is InChI=1S/C22H14BrF2N3O3/c23-13-7-15(24)14(16(25)8-13)5-6-26-18-9-17(27-10-28-18)11-1-3-12(4-2-11)19-20(29)22(31)21(19)30/h1-4,7-10,29H,5-6H2,(H,26,27,28). The lowest BCUT2D eigenvalue weighted by Crippen LogP contribution is -2.31. The first-order valence-electron chi connectivity index (χ1n) is 9.17. The molecule has 9 heteroatoms. The minimum Gasteiger partial charge on any atom is -0.503 e. The second kappa shape index (κ2) is 8.35. The number of aromatic nitrogens is 2. The molecule has 0 unspecified atom stereocenters. The summed E-state index contributed by atoms with van der Waals surface area (Å²) >= 11 is 3.05. The fraction of sp³-hybridized carbons (Fsp3) is 0.0909. The number of rotatable bonds is 6. The van der Waals surface area contributed by atoms with Crippen molar-refractivity contribution in [3.05, 3.63) is 90.9 Å². The van der Waals surface area contributed by atoms with E-state index < -0.39 is 28.2 Å². The Hall–Kier alpha value is -3.46. The highest BCUT2D eigenvalue weighted by molar-refractivity contribution is 9.10. The van der Waals surface area contributed by atoms with E-state index in [0.29, 0.717) is 21.5 Å². The van der Waals surface area contributed by atoms with Gasteiger partial charge in [-0.15, -0.1) is 0 Å². The molecule has 4 aromatic rings. The molecule has 0 saturated heterocycles. The van der Waals surface area contributed by atoms with E-state index in [1.165, 1.54) is 18.5 Å². The monoisotopic (exact) mass is 485 g/mol. The zero-order valence-electron chi connectivity index (χ0n) is 15.8. The van der Waals surface area contributed by atoms with Gasteiger partial charge in [0.25, 0.3) is 5.43 Å². The van der Waals surface area contributed by atoms with Gasteiger partial charge in [0.05, 0.1) is 11.3 Å². The van der Waals surface area contributed by atoms with Crippen LogP contribution in [0.25, 0.3) is 22.4 Å². The Morgan fingerprint density at radius 3 is 2.23 bits per heavy atom. The molecule has 3 aromatic carbocycles. The van der Waals surface area contributed by atoms with Crippen molar-refractivity contribution in [2.45, 2.75) is 6.42 Å². The van der Waals surface area contributed by atoms with Crippen LogP contribution in [0.15, 0.2) is 62.9 Å². The third-order valence-corrected chi connectivity index (χ3v) is 5.27. The van der Waals surface area contributed by atoms with Crippen molar-refractivity contribution in [3.8, 4) is 28.1 Å². The highest BCUT2D eigenvalue weighted by Gasteiger charge is 2.21. The Labute approximate surface area is 183 Å². The molecule has 4 rings (SSSR count). The van der Waals surface area contributed by atoms with E-state index in [9.17, 15) is 23.5 Å². The molecule has 156 valence electrons. The van der Waals surface area contributed by atoms with Gasteiger partial charge >= 0.3 is 0 Å². The molecule has 0 aliphatic carbocycles. The predicted octanol–water partition coefficient (Wildman–Crippen LogP) is 3.81. The largest absolute Gasteiger partial charge is 0.503 e. The van der Waals surface area contributed by atoms with Gasteiger partial charge in [-0.25, -0.2) is 18.7 Å². The van der Waals surface area contributed by atoms with Gasteiger partial charge in [0.1, 0.15) is 23.8 Å². The third kappa shape index (κ3) is 4.09. The number of nitrogens with one attached hydrogen (secondary N) is 1. The van der Waals surface area contributed by atoms with Crippen LogP contribution in [0.3, 0.4) is 0 Å². The van der Waals surface area contributed by atoms with Crippen molar-refractivity contribution in [1.29, 1.82) is 0 Å². The van der Waals surface area contributed by atoms with Crippen LogP contribution in [-0.4, -0.2) is 21.6 Å². The molecule has 0 fully saturated rings. The Morgan fingerprint density at radius 2 is 1.58 bits per heavy atom. The summed E-state index contributed by atoms with van der Waals surface area (Å²) in [6, 6.07) is 10.7. The number of hydrogen-bond donors (Lipinski definition) is 2. The van der Waals surface area contributed by atoms with Crippen molar-refractivity contribution < 1.29 is 13.9 Å². The highest BCUT2D eigenvalue weighted by atomic mass is 79.9. The molecule has 0 atom stereocenters. The van der Waals surface area contributed by atoms with Gasteiger partial charge in [-0.1, -0.05) is 40.2 Å². The van der Waals surface area contributed by atoms with Gasteiger partial charge in [0.15, 0.2) is 5.75 Å². The van der Waals surface area contributed by atoms with E-state index in [-0.39, 0.29) is 24.1 Å². The number of nitrogens with zero attached hydrogens (tertiary/aromatic N) is 2. The summed E-state index contributed by atoms with van der Waals surface area (Å²) in [7, 11) is 0. The quantitative estimate of drug-likeness (QED) is 0.403. The topological polar surface area (TPSA) is 92.2 Å². The van der Waals surface area contributed by atoms with Gasteiger partial charge in [-0.05, 0) is 24.1 Å². The maximum atomic E-state index is 13.9. The SMILES string of the molecule is O=c1c(O)c(-c2ccc(-c3cc(NCCc4c(F)cc(Br)cc4F)ncn3)cc2)c1=O. The number of aromatic hydroxyl groups is 1. The lowest BCUT2D eigenvalue weighted by molar-refractivity contribution is 0.465. The lowest BCUT2D eigenvalue weighted by atomic mass is 9.98. The first-order chi connectivity index (χ1) is 14.8. The zero-order valence-corrected chi connectivity index (χ0v) is 17.4. The summed E-state index contributed by atoms with van der Waals surface area (Å²) in [6.07, 6.45) is 1.49. The Kier molecular flexibility index (Phi) is 5.60. The van der Waals surface area contributed by atoms with E-state index >= 15 is 0 Å². The molecular weight excluding hydrogens is 472 g/mol. The summed E-state index contributed by atoms with van der Waals surface area (Å²) in [4.78, 5) is 31.1. The maximum absolute atomic E-state index is 13.9. The fourth-order valence-electron chi connectivity index (χ4n) is 3.19. The van der Waals surface area contributed by atoms with E-state index in [2.05, 4.69) is 31.2 Å². The number of benzene rings is 2. The van der Waals surface area contributed by atoms with Gasteiger partial charge in [-0.2, -0.15) is 0 Å². The molecule has 0 radical (unpaired) electrons. The van der Waals surface area contributed by atoms with Crippen molar-refractivity contribution in [2.75, 3.05) is 11.9 Å². The Morgan fingerprint density at radius 1 is 0.935 bits per heavy atom. The molecule has 1 heterocycles. The van der Waals surface area contributed by atoms with Crippen molar-refractivity contribution >= 4 is 21.7 Å². The number of halogens is 3. The Bertz CT molecular complexity index is 1330. The summed E-state index contributed by atoms with van der Waals surface area (Å²) in [5.74, 6) is -1.29. The van der Waals surface area contributed by atoms with Gasteiger partial charge in [0, 0.05) is 28.2 Å². The molecule has 0 aliphatic rings. The van der Waals surface area contributed by atoms with Crippen LogP contribution in [0.4, 0.5) is 14.6 Å². The first-order valence-corrected chi connectivity index (χ1v) is 9.97. The van der Waals surface area contributed by atoms with Crippen molar-refractivity contribution in [3.63, 3.8) is 0 Å². The Balaban J connectivity index is 1.46. The summed E-state index contributed by atoms with van der Waals surface area (Å²) < 4.78 is 28.2. The minimum atomic E-state index is -0.881. The third-order valence-electron chi connectivity index (χ3n) is 4.81. The average molecular weight is 486 g/mol. The molecular formula is C22H14BrF2N3O3. The molecule has 0 spiro atoms. The second-order valence-corrected chi connectivity index (χ2v) is 7.69. The van der Waals surface area contributed by atoms with Gasteiger partial charge < -0.3 is 10.4 Å². The molecule has 0 aliphatic heterocycles. The van der Waals surface area contributed by atoms with Crippen LogP contribution in [0.1, 0.15) is 5.56 Å². The normalized spacial score (nSPS) is 11.1. The second-order valence-electron chi connectivity index (χ2n) is 6.77. The van der Waals surface area contributed by atoms with Gasteiger partial charge in [0.2, 0.25) is 5.43 Å². The predicted molar refractivity (Wildman–Crippen MR) is 116 cm³/mol. The fourth-order valence-corrected chi connectivity index (χ4v) is 3.60. The smallest absolute Gasteiger partial charge is 0.268 e. The van der Waals surface area contributed by atoms with Crippen molar-refractivity contribution in [1.82, 2.24) is 9.97 Å². The molecule has 0 saturated carbocycles. The van der Waals surface area contributed by atoms with Gasteiger partial charge in [-0.3, -0.25) is 9.59 Å². The molecule has 2 N–H and O–H groups in total. The molecule has 0 amide bonds. The van der Waals surface area contributed by atoms with Crippen LogP contribution < -0.4 is 16.2 Å². The number of hydrogen-bond acceptors (Lipinski definition) is 6. The van der Waals surface area contributed by atoms with Crippen LogP contribution in [-0.2, 0) is 6.42 Å². The van der Waals surface area contributed by atoms with Crippen LogP contribution in [0, 0.1) is 11.6 Å². The van der Waals surface area contributed by atoms with E-state index in [1.807, 2.05) is 0 Å². The van der Waals surface area contributed by atoms with Crippen LogP contribution in [0.5, 0.6) is 5.75 Å². The summed E-state index contributed by atoms with van der Waals surface area (Å²) in [5, 5.41) is 12.6. The molecule has 6 nitrogen and oxygen atoms in total. The molecule has 1 aromatic heterocycles. The maximum Gasteiger partial charge on any atom is 0.268 e. The van der Waals surface area contributed by atoms with E-state index in [0.717, 1.165) is 5.56 Å². The highest BCUT2D eigenvalue weighted by Crippen LogP contribution is 2.27. The molecule has 0 bridgehead atoms. The van der Waals surface area contributed by atoms with Crippen LogP contribution >= 0.6 is 15.9 Å². The average Bonchev–Trinajstić information content (AvgIpc) is 2.76. The number of anilines is 1.